The number of hydrogen-bond donors (Lipinski definition) is 1. The summed E-state index contributed by atoms with van der Waals surface area (Å²) in [7, 11) is 0. The molecule has 0 bridgehead atoms. The van der Waals surface area contributed by atoms with Crippen LogP contribution in [0.4, 0.5) is 0 Å². The van der Waals surface area contributed by atoms with Gasteiger partial charge in [-0.3, -0.25) is 5.32 Å². The number of nitrogens with zero attached hydrogens (tertiary/aromatic N) is 1. The zero-order valence-electron chi connectivity index (χ0n) is 12.2. The molecule has 0 saturated heterocycles. The number of nitrogens with one attached hydrogen (secondary N) is 1. The van der Waals surface area contributed by atoms with Gasteiger partial charge in [0.2, 0.25) is 0 Å². The van der Waals surface area contributed by atoms with Gasteiger partial charge in [0.15, 0.2) is 0 Å². The van der Waals surface area contributed by atoms with E-state index in [1.165, 1.54) is 12.0 Å². The van der Waals surface area contributed by atoms with E-state index < -0.39 is 0 Å². The quantitative estimate of drug-likeness (QED) is 0.882. The molecule has 0 heterocycles. The second-order valence-electron chi connectivity index (χ2n) is 6.10. The smallest absolute Gasteiger partial charge is 0.110 e. The number of rotatable bonds is 4. The van der Waals surface area contributed by atoms with Crippen molar-refractivity contribution in [2.75, 3.05) is 0 Å². The largest absolute Gasteiger partial charge is 0.293 e. The average molecular weight is 256 g/mol. The molecule has 102 valence electrons. The summed E-state index contributed by atoms with van der Waals surface area (Å²) < 4.78 is 0. The van der Waals surface area contributed by atoms with Crippen molar-refractivity contribution >= 4 is 0 Å². The van der Waals surface area contributed by atoms with Gasteiger partial charge in [-0.15, -0.1) is 0 Å². The van der Waals surface area contributed by atoms with Crippen LogP contribution < -0.4 is 5.32 Å². The molecular weight excluding hydrogens is 232 g/mol. The highest BCUT2D eigenvalue weighted by Crippen LogP contribution is 2.41. The van der Waals surface area contributed by atoms with Gasteiger partial charge in [-0.2, -0.15) is 5.26 Å². The van der Waals surface area contributed by atoms with Crippen LogP contribution >= 0.6 is 0 Å². The zero-order chi connectivity index (χ0) is 13.9. The third-order valence-electron chi connectivity index (χ3n) is 4.50. The second-order valence-corrected chi connectivity index (χ2v) is 6.10. The Balaban J connectivity index is 2.17. The predicted octanol–water partition coefficient (Wildman–Crippen LogP) is 4.06. The van der Waals surface area contributed by atoms with Crippen LogP contribution in [0.15, 0.2) is 30.3 Å². The van der Waals surface area contributed by atoms with Gasteiger partial charge in [0.05, 0.1) is 6.07 Å². The van der Waals surface area contributed by atoms with Crippen LogP contribution in [0.3, 0.4) is 0 Å². The van der Waals surface area contributed by atoms with E-state index in [0.717, 1.165) is 12.8 Å². The molecule has 2 rings (SSSR count). The zero-order valence-corrected chi connectivity index (χ0v) is 12.2. The van der Waals surface area contributed by atoms with Crippen LogP contribution in [0.25, 0.3) is 0 Å². The van der Waals surface area contributed by atoms with Crippen LogP contribution in [-0.4, -0.2) is 5.54 Å². The topological polar surface area (TPSA) is 35.8 Å². The maximum Gasteiger partial charge on any atom is 0.110 e. The molecular formula is C17H24N2. The first-order chi connectivity index (χ1) is 9.09. The summed E-state index contributed by atoms with van der Waals surface area (Å²) in [5.74, 6) is 1.02. The van der Waals surface area contributed by atoms with Crippen LogP contribution in [0, 0.1) is 23.2 Å². The van der Waals surface area contributed by atoms with E-state index in [9.17, 15) is 5.26 Å². The van der Waals surface area contributed by atoms with Gasteiger partial charge in [-0.1, -0.05) is 50.6 Å². The first-order valence-corrected chi connectivity index (χ1v) is 7.33. The van der Waals surface area contributed by atoms with Crippen molar-refractivity contribution in [3.8, 4) is 6.07 Å². The first-order valence-electron chi connectivity index (χ1n) is 7.33. The first kappa shape index (κ1) is 14.1. The van der Waals surface area contributed by atoms with Crippen LogP contribution in [0.5, 0.6) is 0 Å². The maximum absolute atomic E-state index is 9.72. The number of hydrogen-bond acceptors (Lipinski definition) is 2. The van der Waals surface area contributed by atoms with Crippen LogP contribution in [0.2, 0.25) is 0 Å². The lowest BCUT2D eigenvalue weighted by atomic mass is 9.80. The highest BCUT2D eigenvalue weighted by atomic mass is 15.0. The van der Waals surface area contributed by atoms with Crippen molar-refractivity contribution in [3.63, 3.8) is 0 Å². The van der Waals surface area contributed by atoms with Crippen LogP contribution in [-0.2, 0) is 0 Å². The standard InChI is InChI=1S/C17H24N2/c1-13(2)16-10-7-11-17(16,12-18)19-14(3)15-8-5-4-6-9-15/h4-6,8-9,13-14,16,19H,7,10-11H2,1-3H3. The molecule has 1 fully saturated rings. The monoisotopic (exact) mass is 256 g/mol. The van der Waals surface area contributed by atoms with Gasteiger partial charge in [0.1, 0.15) is 5.54 Å². The molecule has 0 aromatic heterocycles. The van der Waals surface area contributed by atoms with Crippen molar-refractivity contribution in [2.24, 2.45) is 11.8 Å². The molecule has 0 radical (unpaired) electrons. The fourth-order valence-electron chi connectivity index (χ4n) is 3.50. The van der Waals surface area contributed by atoms with E-state index in [0.29, 0.717) is 11.8 Å². The Morgan fingerprint density at radius 1 is 1.26 bits per heavy atom. The van der Waals surface area contributed by atoms with E-state index in [2.05, 4.69) is 56.4 Å². The molecule has 3 atom stereocenters. The van der Waals surface area contributed by atoms with Crippen molar-refractivity contribution < 1.29 is 0 Å². The number of nitriles is 1. The Bertz CT molecular complexity index is 446. The Labute approximate surface area is 116 Å². The lowest BCUT2D eigenvalue weighted by molar-refractivity contribution is 0.233. The third kappa shape index (κ3) is 2.82. The maximum atomic E-state index is 9.72. The number of benzene rings is 1. The van der Waals surface area contributed by atoms with Crippen molar-refractivity contribution in [2.45, 2.75) is 51.6 Å². The van der Waals surface area contributed by atoms with Crippen molar-refractivity contribution in [3.05, 3.63) is 35.9 Å². The van der Waals surface area contributed by atoms with E-state index in [4.69, 9.17) is 0 Å². The fraction of sp³-hybridized carbons (Fsp3) is 0.588. The average Bonchev–Trinajstić information content (AvgIpc) is 2.84. The van der Waals surface area contributed by atoms with E-state index >= 15 is 0 Å². The Hall–Kier alpha value is -1.33. The van der Waals surface area contributed by atoms with E-state index in [1.54, 1.807) is 0 Å². The lowest BCUT2D eigenvalue weighted by Crippen LogP contribution is -2.49. The lowest BCUT2D eigenvalue weighted by Gasteiger charge is -2.35. The molecule has 0 spiro atoms. The van der Waals surface area contributed by atoms with Crippen molar-refractivity contribution in [1.82, 2.24) is 5.32 Å². The van der Waals surface area contributed by atoms with Gasteiger partial charge in [-0.05, 0) is 37.2 Å². The highest BCUT2D eigenvalue weighted by molar-refractivity contribution is 5.22. The second kappa shape index (κ2) is 5.75. The Morgan fingerprint density at radius 3 is 2.53 bits per heavy atom. The van der Waals surface area contributed by atoms with E-state index in [1.807, 2.05) is 6.07 Å². The van der Waals surface area contributed by atoms with E-state index in [-0.39, 0.29) is 11.6 Å². The minimum absolute atomic E-state index is 0.222. The minimum atomic E-state index is -0.344. The fourth-order valence-corrected chi connectivity index (χ4v) is 3.50. The minimum Gasteiger partial charge on any atom is -0.293 e. The predicted molar refractivity (Wildman–Crippen MR) is 78.5 cm³/mol. The SMILES string of the molecule is CC(NC1(C#N)CCCC1C(C)C)c1ccccc1. The Morgan fingerprint density at radius 2 is 1.95 bits per heavy atom. The molecule has 19 heavy (non-hydrogen) atoms. The van der Waals surface area contributed by atoms with Gasteiger partial charge in [-0.25, -0.2) is 0 Å². The van der Waals surface area contributed by atoms with Crippen LogP contribution in [0.1, 0.15) is 51.6 Å². The van der Waals surface area contributed by atoms with Gasteiger partial charge < -0.3 is 0 Å². The summed E-state index contributed by atoms with van der Waals surface area (Å²) in [4.78, 5) is 0. The molecule has 1 aliphatic rings. The van der Waals surface area contributed by atoms with Crippen molar-refractivity contribution in [1.29, 1.82) is 5.26 Å². The molecule has 0 aliphatic heterocycles. The molecule has 1 aromatic rings. The molecule has 1 aliphatic carbocycles. The Kier molecular flexibility index (Phi) is 4.27. The summed E-state index contributed by atoms with van der Waals surface area (Å²) >= 11 is 0. The molecule has 1 N–H and O–H groups in total. The summed E-state index contributed by atoms with van der Waals surface area (Å²) in [6.07, 6.45) is 3.30. The summed E-state index contributed by atoms with van der Waals surface area (Å²) in [6, 6.07) is 13.2. The van der Waals surface area contributed by atoms with Gasteiger partial charge in [0, 0.05) is 6.04 Å². The summed E-state index contributed by atoms with van der Waals surface area (Å²) in [5.41, 5.74) is 0.912. The van der Waals surface area contributed by atoms with Gasteiger partial charge >= 0.3 is 0 Å². The van der Waals surface area contributed by atoms with Gasteiger partial charge in [0.25, 0.3) is 0 Å². The molecule has 3 unspecified atom stereocenters. The molecule has 2 heteroatoms. The molecule has 0 amide bonds. The third-order valence-corrected chi connectivity index (χ3v) is 4.50. The summed E-state index contributed by atoms with van der Waals surface area (Å²) in [5, 5.41) is 13.3. The normalized spacial score (nSPS) is 28.3. The summed E-state index contributed by atoms with van der Waals surface area (Å²) in [6.45, 7) is 6.62. The molecule has 1 saturated carbocycles. The molecule has 2 nitrogen and oxygen atoms in total. The highest BCUT2D eigenvalue weighted by Gasteiger charge is 2.45. The molecule has 1 aromatic carbocycles.